The van der Waals surface area contributed by atoms with E-state index in [1.807, 2.05) is 12.4 Å². The van der Waals surface area contributed by atoms with Gasteiger partial charge >= 0.3 is 0 Å². The van der Waals surface area contributed by atoms with Crippen molar-refractivity contribution in [2.45, 2.75) is 45.6 Å². The Morgan fingerprint density at radius 1 is 1.31 bits per heavy atom. The van der Waals surface area contributed by atoms with Crippen molar-refractivity contribution in [3.05, 3.63) is 30.1 Å². The molecule has 1 unspecified atom stereocenters. The maximum atomic E-state index is 4.05. The first kappa shape index (κ1) is 11.6. The summed E-state index contributed by atoms with van der Waals surface area (Å²) in [4.78, 5) is 4.05. The Kier molecular flexibility index (Phi) is 3.59. The number of nitrogens with zero attached hydrogens (tertiary/aromatic N) is 1. The van der Waals surface area contributed by atoms with Crippen LogP contribution in [0.5, 0.6) is 0 Å². The molecule has 1 aromatic heterocycles. The summed E-state index contributed by atoms with van der Waals surface area (Å²) in [7, 11) is 0. The lowest BCUT2D eigenvalue weighted by Crippen LogP contribution is -2.31. The molecule has 88 valence electrons. The molecule has 0 radical (unpaired) electrons. The van der Waals surface area contributed by atoms with Gasteiger partial charge in [0.25, 0.3) is 0 Å². The second-order valence-electron chi connectivity index (χ2n) is 5.40. The van der Waals surface area contributed by atoms with E-state index in [2.05, 4.69) is 36.3 Å². The van der Waals surface area contributed by atoms with Crippen molar-refractivity contribution in [3.63, 3.8) is 0 Å². The van der Waals surface area contributed by atoms with E-state index < -0.39 is 0 Å². The smallest absolute Gasteiger partial charge is 0.0293 e. The molecule has 16 heavy (non-hydrogen) atoms. The number of aromatic nitrogens is 1. The van der Waals surface area contributed by atoms with Gasteiger partial charge in [-0.15, -0.1) is 0 Å². The zero-order valence-electron chi connectivity index (χ0n) is 10.4. The fourth-order valence-electron chi connectivity index (χ4n) is 2.57. The molecule has 1 aromatic rings. The van der Waals surface area contributed by atoms with E-state index in [0.29, 0.717) is 11.5 Å². The number of rotatable bonds is 4. The summed E-state index contributed by atoms with van der Waals surface area (Å²) < 4.78 is 0. The van der Waals surface area contributed by atoms with Gasteiger partial charge in [0, 0.05) is 25.0 Å². The third-order valence-electron chi connectivity index (χ3n) is 3.85. The highest BCUT2D eigenvalue weighted by Crippen LogP contribution is 2.37. The van der Waals surface area contributed by atoms with Gasteiger partial charge in [-0.3, -0.25) is 4.98 Å². The van der Waals surface area contributed by atoms with Crippen molar-refractivity contribution in [1.29, 1.82) is 0 Å². The maximum absolute atomic E-state index is 4.05. The topological polar surface area (TPSA) is 24.9 Å². The van der Waals surface area contributed by atoms with Gasteiger partial charge in [0.05, 0.1) is 0 Å². The molecule has 0 aromatic carbocycles. The molecule has 0 aliphatic heterocycles. The van der Waals surface area contributed by atoms with E-state index in [0.717, 1.165) is 6.54 Å². The highest BCUT2D eigenvalue weighted by atomic mass is 14.9. The normalized spacial score (nSPS) is 20.9. The Morgan fingerprint density at radius 2 is 1.94 bits per heavy atom. The number of pyridine rings is 1. The minimum Gasteiger partial charge on any atom is -0.310 e. The van der Waals surface area contributed by atoms with Crippen LogP contribution in [0, 0.1) is 5.41 Å². The van der Waals surface area contributed by atoms with E-state index in [1.54, 1.807) is 0 Å². The van der Waals surface area contributed by atoms with Gasteiger partial charge in [-0.05, 0) is 42.9 Å². The van der Waals surface area contributed by atoms with Crippen molar-refractivity contribution in [2.75, 3.05) is 6.54 Å². The zero-order valence-corrected chi connectivity index (χ0v) is 10.4. The highest BCUT2D eigenvalue weighted by molar-refractivity contribution is 5.13. The Bertz CT molecular complexity index is 315. The summed E-state index contributed by atoms with van der Waals surface area (Å²) in [6.07, 6.45) is 9.30. The van der Waals surface area contributed by atoms with Crippen LogP contribution in [0.3, 0.4) is 0 Å². The molecule has 1 atom stereocenters. The van der Waals surface area contributed by atoms with Crippen LogP contribution in [-0.4, -0.2) is 11.5 Å². The summed E-state index contributed by atoms with van der Waals surface area (Å²) >= 11 is 0. The van der Waals surface area contributed by atoms with Gasteiger partial charge in [0.2, 0.25) is 0 Å². The monoisotopic (exact) mass is 218 g/mol. The average molecular weight is 218 g/mol. The Morgan fingerprint density at radius 3 is 2.56 bits per heavy atom. The van der Waals surface area contributed by atoms with Gasteiger partial charge < -0.3 is 5.32 Å². The third-order valence-corrected chi connectivity index (χ3v) is 3.85. The average Bonchev–Trinajstić information content (AvgIpc) is 2.75. The van der Waals surface area contributed by atoms with Crippen molar-refractivity contribution >= 4 is 0 Å². The minimum atomic E-state index is 0.431. The van der Waals surface area contributed by atoms with Gasteiger partial charge in [-0.25, -0.2) is 0 Å². The van der Waals surface area contributed by atoms with Gasteiger partial charge in [0.1, 0.15) is 0 Å². The first-order valence-corrected chi connectivity index (χ1v) is 6.33. The maximum Gasteiger partial charge on any atom is 0.0293 e. The van der Waals surface area contributed by atoms with Crippen LogP contribution < -0.4 is 5.32 Å². The summed E-state index contributed by atoms with van der Waals surface area (Å²) in [5.41, 5.74) is 1.86. The van der Waals surface area contributed by atoms with E-state index in [-0.39, 0.29) is 0 Å². The Labute approximate surface area is 98.5 Å². The molecule has 2 rings (SSSR count). The molecule has 1 saturated carbocycles. The van der Waals surface area contributed by atoms with Crippen LogP contribution in [0.4, 0.5) is 0 Å². The molecule has 0 saturated heterocycles. The lowest BCUT2D eigenvalue weighted by atomic mass is 9.88. The van der Waals surface area contributed by atoms with Crippen LogP contribution in [0.25, 0.3) is 0 Å². The standard InChI is InChI=1S/C14H22N2/c1-12(13-5-9-15-10-6-13)16-11-14(2)7-3-4-8-14/h5-6,9-10,12,16H,3-4,7-8,11H2,1-2H3. The lowest BCUT2D eigenvalue weighted by Gasteiger charge is -2.26. The SMILES string of the molecule is CC(NCC1(C)CCCC1)c1ccncc1. The van der Waals surface area contributed by atoms with Crippen LogP contribution in [0.15, 0.2) is 24.5 Å². The first-order chi connectivity index (χ1) is 7.70. The Balaban J connectivity index is 1.86. The molecule has 0 spiro atoms. The molecular weight excluding hydrogens is 196 g/mol. The largest absolute Gasteiger partial charge is 0.310 e. The van der Waals surface area contributed by atoms with E-state index in [9.17, 15) is 0 Å². The number of nitrogens with one attached hydrogen (secondary N) is 1. The second-order valence-corrected chi connectivity index (χ2v) is 5.40. The molecule has 0 amide bonds. The molecule has 2 heteroatoms. The molecule has 0 bridgehead atoms. The molecular formula is C14H22N2. The molecule has 1 N–H and O–H groups in total. The van der Waals surface area contributed by atoms with Crippen LogP contribution in [0.1, 0.15) is 51.1 Å². The lowest BCUT2D eigenvalue weighted by molar-refractivity contribution is 0.302. The fourth-order valence-corrected chi connectivity index (χ4v) is 2.57. The molecule has 1 aliphatic rings. The number of hydrogen-bond acceptors (Lipinski definition) is 2. The van der Waals surface area contributed by atoms with Gasteiger partial charge in [-0.2, -0.15) is 0 Å². The summed E-state index contributed by atoms with van der Waals surface area (Å²) in [5.74, 6) is 0. The van der Waals surface area contributed by atoms with Crippen molar-refractivity contribution in [1.82, 2.24) is 10.3 Å². The van der Waals surface area contributed by atoms with Gasteiger partial charge in [0.15, 0.2) is 0 Å². The minimum absolute atomic E-state index is 0.431. The highest BCUT2D eigenvalue weighted by Gasteiger charge is 2.28. The summed E-state index contributed by atoms with van der Waals surface area (Å²) in [6, 6.07) is 4.61. The quantitative estimate of drug-likeness (QED) is 0.838. The van der Waals surface area contributed by atoms with Crippen LogP contribution in [-0.2, 0) is 0 Å². The molecule has 2 nitrogen and oxygen atoms in total. The first-order valence-electron chi connectivity index (χ1n) is 6.33. The molecule has 1 fully saturated rings. The van der Waals surface area contributed by atoms with Crippen LogP contribution in [0.2, 0.25) is 0 Å². The van der Waals surface area contributed by atoms with Gasteiger partial charge in [-0.1, -0.05) is 19.8 Å². The number of hydrogen-bond donors (Lipinski definition) is 1. The predicted octanol–water partition coefficient (Wildman–Crippen LogP) is 3.31. The fraction of sp³-hybridized carbons (Fsp3) is 0.643. The van der Waals surface area contributed by atoms with Crippen LogP contribution >= 0.6 is 0 Å². The van der Waals surface area contributed by atoms with Crippen molar-refractivity contribution < 1.29 is 0 Å². The van der Waals surface area contributed by atoms with E-state index in [4.69, 9.17) is 0 Å². The zero-order chi connectivity index (χ0) is 11.4. The third kappa shape index (κ3) is 2.82. The molecule has 1 aliphatic carbocycles. The summed E-state index contributed by atoms with van der Waals surface area (Å²) in [5, 5.41) is 3.65. The predicted molar refractivity (Wildman–Crippen MR) is 67.2 cm³/mol. The van der Waals surface area contributed by atoms with Crippen molar-refractivity contribution in [3.8, 4) is 0 Å². The van der Waals surface area contributed by atoms with E-state index in [1.165, 1.54) is 31.2 Å². The second kappa shape index (κ2) is 4.96. The van der Waals surface area contributed by atoms with Crippen molar-refractivity contribution in [2.24, 2.45) is 5.41 Å². The summed E-state index contributed by atoms with van der Waals surface area (Å²) in [6.45, 7) is 5.77. The molecule has 1 heterocycles. The van der Waals surface area contributed by atoms with E-state index >= 15 is 0 Å². The Hall–Kier alpha value is -0.890.